The molecule has 0 saturated heterocycles. The van der Waals surface area contributed by atoms with Gasteiger partial charge >= 0.3 is 0 Å². The third kappa shape index (κ3) is 2.52. The molecule has 0 unspecified atom stereocenters. The summed E-state index contributed by atoms with van der Waals surface area (Å²) < 4.78 is 6.73. The quantitative estimate of drug-likeness (QED) is 0.627. The maximum absolute atomic E-state index is 12.1. The highest BCUT2D eigenvalue weighted by Gasteiger charge is 2.13. The molecule has 4 rings (SSSR count). The van der Waals surface area contributed by atoms with E-state index in [2.05, 4.69) is 20.4 Å². The number of fused-ring (bicyclic) bond motifs is 1. The summed E-state index contributed by atoms with van der Waals surface area (Å²) in [5.74, 6) is 0.446. The van der Waals surface area contributed by atoms with Crippen molar-refractivity contribution >= 4 is 17.4 Å². The number of hydrogen-bond acceptors (Lipinski definition) is 5. The van der Waals surface area contributed by atoms with Gasteiger partial charge in [-0.3, -0.25) is 9.20 Å². The summed E-state index contributed by atoms with van der Waals surface area (Å²) in [7, 11) is 0. The van der Waals surface area contributed by atoms with Crippen molar-refractivity contribution in [1.82, 2.24) is 19.5 Å². The van der Waals surface area contributed by atoms with Gasteiger partial charge in [0, 0.05) is 35.9 Å². The number of carbonyl (C=O) groups excluding carboxylic acids is 1. The summed E-state index contributed by atoms with van der Waals surface area (Å²) in [6.07, 6.45) is 6.92. The molecule has 1 amide bonds. The number of carbonyl (C=O) groups is 1. The number of anilines is 1. The van der Waals surface area contributed by atoms with Crippen LogP contribution in [0.25, 0.3) is 17.0 Å². The SMILES string of the molecule is Cc1ccc(-c2cn3cccnc3n2)cc1NC(=O)c1ccno1. The summed E-state index contributed by atoms with van der Waals surface area (Å²) in [5.41, 5.74) is 3.30. The molecule has 0 bridgehead atoms. The fraction of sp³-hybridized carbons (Fsp3) is 0.0588. The van der Waals surface area contributed by atoms with Gasteiger partial charge in [-0.15, -0.1) is 0 Å². The molecule has 1 aromatic carbocycles. The second-order valence-corrected chi connectivity index (χ2v) is 5.31. The first-order valence-electron chi connectivity index (χ1n) is 7.33. The molecule has 0 spiro atoms. The molecule has 0 aliphatic carbocycles. The molecule has 0 aliphatic heterocycles. The van der Waals surface area contributed by atoms with E-state index in [1.165, 1.54) is 12.3 Å². The third-order valence-electron chi connectivity index (χ3n) is 3.68. The van der Waals surface area contributed by atoms with Crippen molar-refractivity contribution in [2.45, 2.75) is 6.92 Å². The highest BCUT2D eigenvalue weighted by molar-refractivity contribution is 6.02. The van der Waals surface area contributed by atoms with Gasteiger partial charge in [-0.25, -0.2) is 9.97 Å². The van der Waals surface area contributed by atoms with Gasteiger partial charge in [0.25, 0.3) is 5.91 Å². The van der Waals surface area contributed by atoms with Crippen LogP contribution in [0.1, 0.15) is 16.1 Å². The summed E-state index contributed by atoms with van der Waals surface area (Å²) in [5, 5.41) is 6.37. The second-order valence-electron chi connectivity index (χ2n) is 5.31. The van der Waals surface area contributed by atoms with Crippen molar-refractivity contribution in [3.05, 3.63) is 66.4 Å². The fourth-order valence-electron chi connectivity index (χ4n) is 2.40. The number of aromatic nitrogens is 4. The van der Waals surface area contributed by atoms with E-state index in [1.807, 2.05) is 48.0 Å². The average Bonchev–Trinajstić information content (AvgIpc) is 3.26. The van der Waals surface area contributed by atoms with Gasteiger partial charge in [-0.2, -0.15) is 0 Å². The van der Waals surface area contributed by atoms with E-state index in [9.17, 15) is 4.79 Å². The molecule has 3 heterocycles. The third-order valence-corrected chi connectivity index (χ3v) is 3.68. The van der Waals surface area contributed by atoms with E-state index in [0.29, 0.717) is 11.5 Å². The van der Waals surface area contributed by atoms with E-state index < -0.39 is 0 Å². The first-order chi connectivity index (χ1) is 11.7. The average molecular weight is 319 g/mol. The zero-order valence-electron chi connectivity index (χ0n) is 12.8. The smallest absolute Gasteiger partial charge is 0.294 e. The minimum atomic E-state index is -0.343. The van der Waals surface area contributed by atoms with Crippen LogP contribution in [0.5, 0.6) is 0 Å². The molecule has 0 atom stereocenters. The summed E-state index contributed by atoms with van der Waals surface area (Å²) >= 11 is 0. The lowest BCUT2D eigenvalue weighted by Gasteiger charge is -2.08. The predicted octanol–water partition coefficient (Wildman–Crippen LogP) is 2.95. The van der Waals surface area contributed by atoms with Gasteiger partial charge in [0.1, 0.15) is 0 Å². The number of hydrogen-bond donors (Lipinski definition) is 1. The Balaban J connectivity index is 1.69. The largest absolute Gasteiger partial charge is 0.351 e. The van der Waals surface area contributed by atoms with Crippen LogP contribution in [0.15, 0.2) is 59.6 Å². The molecule has 24 heavy (non-hydrogen) atoms. The minimum Gasteiger partial charge on any atom is -0.351 e. The van der Waals surface area contributed by atoms with Gasteiger partial charge in [0.15, 0.2) is 0 Å². The van der Waals surface area contributed by atoms with E-state index in [-0.39, 0.29) is 11.7 Å². The standard InChI is InChI=1S/C17H13N5O2/c1-11-3-4-12(14-10-22-8-2-6-18-17(22)21-14)9-13(11)20-16(23)15-5-7-19-24-15/h2-10H,1H3,(H,20,23). The molecular formula is C17H13N5O2. The van der Waals surface area contributed by atoms with Crippen LogP contribution in [-0.4, -0.2) is 25.4 Å². The maximum Gasteiger partial charge on any atom is 0.294 e. The molecule has 0 saturated carbocycles. The lowest BCUT2D eigenvalue weighted by molar-refractivity contribution is 0.0988. The molecule has 3 aromatic heterocycles. The Bertz CT molecular complexity index is 988. The number of aryl methyl sites for hydroxylation is 1. The molecule has 1 N–H and O–H groups in total. The molecule has 0 radical (unpaired) electrons. The summed E-state index contributed by atoms with van der Waals surface area (Å²) in [4.78, 5) is 20.8. The van der Waals surface area contributed by atoms with Gasteiger partial charge < -0.3 is 9.84 Å². The van der Waals surface area contributed by atoms with Crippen molar-refractivity contribution in [3.8, 4) is 11.3 Å². The Hall–Kier alpha value is -3.48. The van der Waals surface area contributed by atoms with Crippen molar-refractivity contribution in [3.63, 3.8) is 0 Å². The maximum atomic E-state index is 12.1. The summed E-state index contributed by atoms with van der Waals surface area (Å²) in [6, 6.07) is 9.13. The minimum absolute atomic E-state index is 0.164. The predicted molar refractivity (Wildman–Crippen MR) is 87.6 cm³/mol. The molecule has 4 aromatic rings. The van der Waals surface area contributed by atoms with E-state index in [4.69, 9.17) is 4.52 Å². The molecule has 0 aliphatic rings. The van der Waals surface area contributed by atoms with E-state index in [1.54, 1.807) is 6.20 Å². The number of nitrogens with zero attached hydrogens (tertiary/aromatic N) is 4. The van der Waals surface area contributed by atoms with Gasteiger partial charge in [0.2, 0.25) is 11.5 Å². The van der Waals surface area contributed by atoms with Crippen LogP contribution >= 0.6 is 0 Å². The monoisotopic (exact) mass is 319 g/mol. The number of amides is 1. The number of benzene rings is 1. The Kier molecular flexibility index (Phi) is 3.31. The Morgan fingerprint density at radius 2 is 2.17 bits per heavy atom. The van der Waals surface area contributed by atoms with E-state index >= 15 is 0 Å². The summed E-state index contributed by atoms with van der Waals surface area (Å²) in [6.45, 7) is 1.92. The van der Waals surface area contributed by atoms with Crippen molar-refractivity contribution in [1.29, 1.82) is 0 Å². The normalized spacial score (nSPS) is 10.9. The van der Waals surface area contributed by atoms with Crippen LogP contribution in [-0.2, 0) is 0 Å². The van der Waals surface area contributed by atoms with Gasteiger partial charge in [-0.1, -0.05) is 17.3 Å². The number of imidazole rings is 1. The number of rotatable bonds is 3. The lowest BCUT2D eigenvalue weighted by atomic mass is 10.1. The van der Waals surface area contributed by atoms with Gasteiger partial charge in [0.05, 0.1) is 11.9 Å². The first-order valence-corrected chi connectivity index (χ1v) is 7.33. The first kappa shape index (κ1) is 14.1. The molecule has 118 valence electrons. The zero-order valence-corrected chi connectivity index (χ0v) is 12.8. The molecule has 7 nitrogen and oxygen atoms in total. The van der Waals surface area contributed by atoms with Crippen LogP contribution in [0, 0.1) is 6.92 Å². The highest BCUT2D eigenvalue weighted by atomic mass is 16.5. The topological polar surface area (TPSA) is 85.3 Å². The molecule has 0 fully saturated rings. The Morgan fingerprint density at radius 1 is 1.25 bits per heavy atom. The highest BCUT2D eigenvalue weighted by Crippen LogP contribution is 2.25. The second kappa shape index (κ2) is 5.62. The number of nitrogens with one attached hydrogen (secondary N) is 1. The fourth-order valence-corrected chi connectivity index (χ4v) is 2.40. The van der Waals surface area contributed by atoms with Crippen molar-refractivity contribution < 1.29 is 9.32 Å². The van der Waals surface area contributed by atoms with Crippen LogP contribution in [0.2, 0.25) is 0 Å². The molecular weight excluding hydrogens is 306 g/mol. The zero-order chi connectivity index (χ0) is 16.5. The lowest BCUT2D eigenvalue weighted by Crippen LogP contribution is -2.11. The van der Waals surface area contributed by atoms with Gasteiger partial charge in [-0.05, 0) is 24.6 Å². The molecule has 7 heteroatoms. The van der Waals surface area contributed by atoms with Crippen LogP contribution in [0.4, 0.5) is 5.69 Å². The van der Waals surface area contributed by atoms with Crippen LogP contribution < -0.4 is 5.32 Å². The van der Waals surface area contributed by atoms with Crippen molar-refractivity contribution in [2.75, 3.05) is 5.32 Å². The Morgan fingerprint density at radius 3 is 2.96 bits per heavy atom. The Labute approximate surface area is 137 Å². The van der Waals surface area contributed by atoms with Crippen LogP contribution in [0.3, 0.4) is 0 Å². The van der Waals surface area contributed by atoms with Crippen molar-refractivity contribution in [2.24, 2.45) is 0 Å². The van der Waals surface area contributed by atoms with E-state index in [0.717, 1.165) is 16.8 Å².